The van der Waals surface area contributed by atoms with Gasteiger partial charge in [0, 0.05) is 17.8 Å². The summed E-state index contributed by atoms with van der Waals surface area (Å²) < 4.78 is 15.7. The Balaban J connectivity index is 2.49. The summed E-state index contributed by atoms with van der Waals surface area (Å²) in [7, 11) is 1.21. The van der Waals surface area contributed by atoms with Crippen LogP contribution in [-0.4, -0.2) is 42.7 Å². The van der Waals surface area contributed by atoms with Crippen molar-refractivity contribution in [2.75, 3.05) is 13.7 Å². The summed E-state index contributed by atoms with van der Waals surface area (Å²) in [6.45, 7) is 8.77. The summed E-state index contributed by atoms with van der Waals surface area (Å²) in [6.07, 6.45) is -0.337. The Morgan fingerprint density at radius 3 is 2.46 bits per heavy atom. The van der Waals surface area contributed by atoms with E-state index in [0.717, 1.165) is 0 Å². The molecule has 11 heteroatoms. The number of dihydropyridines is 1. The van der Waals surface area contributed by atoms with Gasteiger partial charge in [-0.15, -0.1) is 0 Å². The number of alkyl carbamates (subject to hydrolysis) is 1. The van der Waals surface area contributed by atoms with Crippen LogP contribution in [0.3, 0.4) is 0 Å². The molecule has 0 bridgehead atoms. The van der Waals surface area contributed by atoms with Crippen molar-refractivity contribution in [1.29, 1.82) is 0 Å². The maximum Gasteiger partial charge on any atom is 0.413 e. The van der Waals surface area contributed by atoms with Gasteiger partial charge in [-0.25, -0.2) is 14.4 Å². The van der Waals surface area contributed by atoms with Crippen molar-refractivity contribution in [2.24, 2.45) is 5.92 Å². The summed E-state index contributed by atoms with van der Waals surface area (Å²) in [5.41, 5.74) is 1.15. The van der Waals surface area contributed by atoms with E-state index in [2.05, 4.69) is 10.6 Å². The molecule has 1 aliphatic rings. The fourth-order valence-electron chi connectivity index (χ4n) is 3.78. The molecule has 11 nitrogen and oxygen atoms in total. The van der Waals surface area contributed by atoms with Gasteiger partial charge in [0.05, 0.1) is 35.8 Å². The molecule has 1 aromatic rings. The lowest BCUT2D eigenvalue weighted by Gasteiger charge is -2.31. The van der Waals surface area contributed by atoms with E-state index >= 15 is 0 Å². The van der Waals surface area contributed by atoms with Crippen molar-refractivity contribution >= 4 is 23.7 Å². The molecule has 0 unspecified atom stereocenters. The molecule has 190 valence electrons. The molecule has 0 saturated carbocycles. The largest absolute Gasteiger partial charge is 0.466 e. The molecule has 1 aliphatic heterocycles. The lowest BCUT2D eigenvalue weighted by Crippen LogP contribution is -2.46. The van der Waals surface area contributed by atoms with E-state index in [0.29, 0.717) is 23.4 Å². The van der Waals surface area contributed by atoms with E-state index < -0.39 is 34.9 Å². The second-order valence-corrected chi connectivity index (χ2v) is 8.08. The van der Waals surface area contributed by atoms with Crippen LogP contribution in [0.2, 0.25) is 0 Å². The van der Waals surface area contributed by atoms with Crippen molar-refractivity contribution in [1.82, 2.24) is 10.6 Å². The SMILES string of the molecule is CCOC(=O)[C@@H](NC(=O)OC1=C(C)NC(C)=C(C(=O)OC)[C@@H]1c1cccc([N+](=O)[O-])c1)[C@@H](C)CC. The molecule has 1 amide bonds. The van der Waals surface area contributed by atoms with E-state index in [4.69, 9.17) is 14.2 Å². The lowest BCUT2D eigenvalue weighted by atomic mass is 9.85. The Hall–Kier alpha value is -3.89. The van der Waals surface area contributed by atoms with Crippen molar-refractivity contribution in [3.05, 3.63) is 62.7 Å². The normalized spacial score (nSPS) is 17.1. The molecule has 1 heterocycles. The first kappa shape index (κ1) is 27.4. The number of ether oxygens (including phenoxy) is 3. The van der Waals surface area contributed by atoms with E-state index in [-0.39, 0.29) is 29.5 Å². The number of nitro benzene ring substituents is 1. The number of carbonyl (C=O) groups is 3. The first-order valence-corrected chi connectivity index (χ1v) is 11.2. The molecule has 0 spiro atoms. The Bertz CT molecular complexity index is 1060. The number of rotatable bonds is 9. The van der Waals surface area contributed by atoms with Crippen molar-refractivity contribution in [2.45, 2.75) is 53.0 Å². The zero-order valence-electron chi connectivity index (χ0n) is 20.7. The topological polar surface area (TPSA) is 146 Å². The van der Waals surface area contributed by atoms with Gasteiger partial charge in [0.2, 0.25) is 0 Å². The average Bonchev–Trinajstić information content (AvgIpc) is 2.83. The Kier molecular flexibility index (Phi) is 9.38. The Morgan fingerprint density at radius 2 is 1.89 bits per heavy atom. The molecule has 0 saturated heterocycles. The minimum Gasteiger partial charge on any atom is -0.466 e. The third-order valence-electron chi connectivity index (χ3n) is 5.75. The predicted molar refractivity (Wildman–Crippen MR) is 126 cm³/mol. The maximum absolute atomic E-state index is 12.9. The van der Waals surface area contributed by atoms with Crippen LogP contribution in [0, 0.1) is 16.0 Å². The van der Waals surface area contributed by atoms with Gasteiger partial charge in [-0.1, -0.05) is 32.4 Å². The molecular formula is C24H31N3O8. The Morgan fingerprint density at radius 1 is 1.20 bits per heavy atom. The number of carbonyl (C=O) groups excluding carboxylic acids is 3. The second-order valence-electron chi connectivity index (χ2n) is 8.08. The maximum atomic E-state index is 12.9. The average molecular weight is 490 g/mol. The number of nitrogens with one attached hydrogen (secondary N) is 2. The molecule has 1 aromatic carbocycles. The minimum atomic E-state index is -0.973. The van der Waals surface area contributed by atoms with E-state index in [1.165, 1.54) is 25.3 Å². The minimum absolute atomic E-state index is 0.0424. The zero-order valence-corrected chi connectivity index (χ0v) is 20.7. The van der Waals surface area contributed by atoms with Gasteiger partial charge >= 0.3 is 18.0 Å². The molecule has 2 rings (SSSR count). The highest BCUT2D eigenvalue weighted by molar-refractivity contribution is 5.92. The molecule has 0 radical (unpaired) electrons. The van der Waals surface area contributed by atoms with Gasteiger partial charge in [0.25, 0.3) is 5.69 Å². The highest BCUT2D eigenvalue weighted by Gasteiger charge is 2.38. The molecular weight excluding hydrogens is 458 g/mol. The van der Waals surface area contributed by atoms with Crippen LogP contribution in [-0.2, 0) is 23.8 Å². The van der Waals surface area contributed by atoms with Crippen LogP contribution in [0.25, 0.3) is 0 Å². The second kappa shape index (κ2) is 12.0. The number of nitro groups is 1. The zero-order chi connectivity index (χ0) is 26.3. The number of nitrogens with zero attached hydrogens (tertiary/aromatic N) is 1. The fourth-order valence-corrected chi connectivity index (χ4v) is 3.78. The van der Waals surface area contributed by atoms with Crippen molar-refractivity contribution < 1.29 is 33.5 Å². The highest BCUT2D eigenvalue weighted by atomic mass is 16.6. The molecule has 35 heavy (non-hydrogen) atoms. The number of hydrogen-bond acceptors (Lipinski definition) is 9. The quantitative estimate of drug-likeness (QED) is 0.229. The number of non-ortho nitro benzene ring substituents is 1. The predicted octanol–water partition coefficient (Wildman–Crippen LogP) is 3.66. The summed E-state index contributed by atoms with van der Waals surface area (Å²) in [6, 6.07) is 4.75. The number of hydrogen-bond donors (Lipinski definition) is 2. The summed E-state index contributed by atoms with van der Waals surface area (Å²) in [5, 5.41) is 16.9. The van der Waals surface area contributed by atoms with Crippen LogP contribution < -0.4 is 10.6 Å². The van der Waals surface area contributed by atoms with E-state index in [9.17, 15) is 24.5 Å². The number of benzene rings is 1. The van der Waals surface area contributed by atoms with Crippen LogP contribution in [0.4, 0.5) is 10.5 Å². The van der Waals surface area contributed by atoms with Gasteiger partial charge in [-0.05, 0) is 32.3 Å². The van der Waals surface area contributed by atoms with E-state index in [1.807, 2.05) is 6.92 Å². The Labute approximate surface area is 203 Å². The summed E-state index contributed by atoms with van der Waals surface area (Å²) in [5.74, 6) is -2.45. The number of allylic oxidation sites excluding steroid dienone is 3. The van der Waals surface area contributed by atoms with Gasteiger partial charge < -0.3 is 24.8 Å². The first-order valence-electron chi connectivity index (χ1n) is 11.2. The number of esters is 2. The standard InChI is InChI=1S/C24H31N3O8/c1-7-13(3)20(23(29)34-8-2)26-24(30)35-21-15(5)25-14(4)18(22(28)33-6)19(21)16-10-9-11-17(12-16)27(31)32/h9-13,19-20,25H,7-8H2,1-6H3,(H,26,30)/t13-,19-,20-/m0/s1. The van der Waals surface area contributed by atoms with Crippen LogP contribution in [0.5, 0.6) is 0 Å². The number of amides is 1. The lowest BCUT2D eigenvalue weighted by molar-refractivity contribution is -0.384. The highest BCUT2D eigenvalue weighted by Crippen LogP contribution is 2.40. The van der Waals surface area contributed by atoms with Gasteiger partial charge in [0.1, 0.15) is 11.8 Å². The van der Waals surface area contributed by atoms with Crippen LogP contribution in [0.1, 0.15) is 52.5 Å². The number of methoxy groups -OCH3 is 1. The third kappa shape index (κ3) is 6.37. The van der Waals surface area contributed by atoms with Crippen molar-refractivity contribution in [3.63, 3.8) is 0 Å². The molecule has 2 N–H and O–H groups in total. The third-order valence-corrected chi connectivity index (χ3v) is 5.75. The smallest absolute Gasteiger partial charge is 0.413 e. The summed E-state index contributed by atoms with van der Waals surface area (Å²) in [4.78, 5) is 48.8. The molecule has 0 aromatic heterocycles. The molecule has 0 fully saturated rings. The fraction of sp³-hybridized carbons (Fsp3) is 0.458. The van der Waals surface area contributed by atoms with Crippen LogP contribution >= 0.6 is 0 Å². The monoisotopic (exact) mass is 489 g/mol. The van der Waals surface area contributed by atoms with E-state index in [1.54, 1.807) is 33.8 Å². The summed E-state index contributed by atoms with van der Waals surface area (Å²) >= 11 is 0. The van der Waals surface area contributed by atoms with Crippen LogP contribution in [0.15, 0.2) is 47.0 Å². The van der Waals surface area contributed by atoms with Gasteiger partial charge in [0.15, 0.2) is 0 Å². The van der Waals surface area contributed by atoms with Gasteiger partial charge in [-0.3, -0.25) is 10.1 Å². The van der Waals surface area contributed by atoms with Crippen molar-refractivity contribution in [3.8, 4) is 0 Å². The van der Waals surface area contributed by atoms with Gasteiger partial charge in [-0.2, -0.15) is 0 Å². The first-order chi connectivity index (χ1) is 16.5. The molecule has 3 atom stereocenters. The molecule has 0 aliphatic carbocycles.